The van der Waals surface area contributed by atoms with Crippen molar-refractivity contribution < 1.29 is 14.7 Å². The Labute approximate surface area is 166 Å². The van der Waals surface area contributed by atoms with Gasteiger partial charge in [0.2, 0.25) is 11.8 Å². The van der Waals surface area contributed by atoms with Gasteiger partial charge in [-0.05, 0) is 12.0 Å². The number of β-amino-alcohol motifs (C(OH)–C–C–N with tert-alkyl or cyclic N) is 1. The summed E-state index contributed by atoms with van der Waals surface area (Å²) in [6.07, 6.45) is 0.758. The van der Waals surface area contributed by atoms with Crippen LogP contribution >= 0.6 is 0 Å². The van der Waals surface area contributed by atoms with Crippen LogP contribution in [0.2, 0.25) is 0 Å². The minimum absolute atomic E-state index is 0.0567. The van der Waals surface area contributed by atoms with E-state index in [2.05, 4.69) is 39.4 Å². The molecule has 3 heterocycles. The van der Waals surface area contributed by atoms with Gasteiger partial charge in [-0.2, -0.15) is 0 Å². The summed E-state index contributed by atoms with van der Waals surface area (Å²) in [6.45, 7) is 6.69. The van der Waals surface area contributed by atoms with Crippen molar-refractivity contribution in [1.82, 2.24) is 20.0 Å². The zero-order chi connectivity index (χ0) is 19.7. The molecule has 1 aromatic carbocycles. The van der Waals surface area contributed by atoms with Crippen molar-refractivity contribution >= 4 is 11.8 Å². The normalized spacial score (nSPS) is 26.7. The lowest BCUT2D eigenvalue weighted by atomic mass is 9.83. The van der Waals surface area contributed by atoms with Gasteiger partial charge < -0.3 is 15.3 Å². The number of likely N-dealkylation sites (tertiary alicyclic amines) is 1. The predicted molar refractivity (Wildman–Crippen MR) is 105 cm³/mol. The van der Waals surface area contributed by atoms with Gasteiger partial charge >= 0.3 is 0 Å². The summed E-state index contributed by atoms with van der Waals surface area (Å²) in [6, 6.07) is 10.7. The number of rotatable bonds is 5. The van der Waals surface area contributed by atoms with Crippen molar-refractivity contribution in [3.63, 3.8) is 0 Å². The van der Waals surface area contributed by atoms with E-state index in [1.807, 2.05) is 11.0 Å². The molecule has 3 saturated heterocycles. The van der Waals surface area contributed by atoms with Gasteiger partial charge in [-0.3, -0.25) is 19.4 Å². The summed E-state index contributed by atoms with van der Waals surface area (Å²) >= 11 is 0. The standard InChI is InChI=1S/C21H30N4O3/c1-16(26)22-8-7-20(28)24-11-18-9-19(27)12-25(18)21(15-24)13-23(14-21)10-17-5-3-2-4-6-17/h2-6,18-19,27H,7-15H2,1H3,(H,22,26)/t18-,19-/m1/s1. The Morgan fingerprint density at radius 1 is 1.18 bits per heavy atom. The second-order valence-electron chi connectivity index (χ2n) is 8.56. The smallest absolute Gasteiger partial charge is 0.224 e. The van der Waals surface area contributed by atoms with Gasteiger partial charge in [0, 0.05) is 65.2 Å². The highest BCUT2D eigenvalue weighted by molar-refractivity contribution is 5.78. The first kappa shape index (κ1) is 19.4. The molecule has 0 unspecified atom stereocenters. The minimum atomic E-state index is -0.306. The van der Waals surface area contributed by atoms with Gasteiger partial charge in [0.1, 0.15) is 0 Å². The fourth-order valence-electron chi connectivity index (χ4n) is 5.13. The first-order valence-corrected chi connectivity index (χ1v) is 10.2. The first-order valence-electron chi connectivity index (χ1n) is 10.2. The second kappa shape index (κ2) is 7.81. The average Bonchev–Trinajstić information content (AvgIpc) is 3.01. The number of nitrogens with zero attached hydrogens (tertiary/aromatic N) is 3. The van der Waals surface area contributed by atoms with E-state index >= 15 is 0 Å². The lowest BCUT2D eigenvalue weighted by molar-refractivity contribution is -0.151. The molecule has 2 N–H and O–H groups in total. The highest BCUT2D eigenvalue weighted by atomic mass is 16.3. The van der Waals surface area contributed by atoms with Crippen LogP contribution in [0.1, 0.15) is 25.3 Å². The van der Waals surface area contributed by atoms with Crippen molar-refractivity contribution in [2.24, 2.45) is 0 Å². The SMILES string of the molecule is CC(=O)NCCC(=O)N1C[C@H]2C[C@@H](O)CN2C2(CN(Cc3ccccc3)C2)C1. The molecule has 3 aliphatic rings. The number of hydrogen-bond donors (Lipinski definition) is 2. The Morgan fingerprint density at radius 3 is 2.64 bits per heavy atom. The predicted octanol–water partition coefficient (Wildman–Crippen LogP) is 0.0446. The third kappa shape index (κ3) is 3.92. The third-order valence-corrected chi connectivity index (χ3v) is 6.27. The quantitative estimate of drug-likeness (QED) is 0.748. The minimum Gasteiger partial charge on any atom is -0.392 e. The molecule has 3 aliphatic heterocycles. The van der Waals surface area contributed by atoms with E-state index < -0.39 is 0 Å². The Hall–Kier alpha value is -1.96. The van der Waals surface area contributed by atoms with E-state index in [1.54, 1.807) is 0 Å². The molecule has 0 aliphatic carbocycles. The van der Waals surface area contributed by atoms with Gasteiger partial charge in [-0.1, -0.05) is 30.3 Å². The molecule has 7 nitrogen and oxygen atoms in total. The van der Waals surface area contributed by atoms with Gasteiger partial charge in [0.15, 0.2) is 0 Å². The summed E-state index contributed by atoms with van der Waals surface area (Å²) in [7, 11) is 0. The summed E-state index contributed by atoms with van der Waals surface area (Å²) in [5.41, 5.74) is 1.24. The van der Waals surface area contributed by atoms with Gasteiger partial charge in [0.05, 0.1) is 11.6 Å². The van der Waals surface area contributed by atoms with Crippen LogP contribution in [0.4, 0.5) is 0 Å². The summed E-state index contributed by atoms with van der Waals surface area (Å²) in [5, 5.41) is 12.9. The fourth-order valence-corrected chi connectivity index (χ4v) is 5.13. The highest BCUT2D eigenvalue weighted by Gasteiger charge is 2.56. The van der Waals surface area contributed by atoms with Crippen molar-refractivity contribution in [2.45, 2.75) is 44.0 Å². The van der Waals surface area contributed by atoms with E-state index in [-0.39, 0.29) is 29.5 Å². The monoisotopic (exact) mass is 386 g/mol. The number of aliphatic hydroxyl groups is 1. The largest absolute Gasteiger partial charge is 0.392 e. The van der Waals surface area contributed by atoms with Crippen molar-refractivity contribution in [3.05, 3.63) is 35.9 Å². The number of nitrogens with one attached hydrogen (secondary N) is 1. The van der Waals surface area contributed by atoms with Crippen LogP contribution < -0.4 is 5.32 Å². The van der Waals surface area contributed by atoms with Crippen molar-refractivity contribution in [1.29, 1.82) is 0 Å². The number of aliphatic hydroxyl groups excluding tert-OH is 1. The number of carbonyl (C=O) groups excluding carboxylic acids is 2. The molecule has 4 rings (SSSR count). The van der Waals surface area contributed by atoms with Crippen LogP contribution in [0.15, 0.2) is 30.3 Å². The molecular weight excluding hydrogens is 356 g/mol. The number of benzene rings is 1. The van der Waals surface area contributed by atoms with Crippen LogP contribution in [-0.2, 0) is 16.1 Å². The second-order valence-corrected chi connectivity index (χ2v) is 8.56. The summed E-state index contributed by atoms with van der Waals surface area (Å²) in [5.74, 6) is -0.0146. The summed E-state index contributed by atoms with van der Waals surface area (Å²) in [4.78, 5) is 30.6. The van der Waals surface area contributed by atoms with Gasteiger partial charge in [0.25, 0.3) is 0 Å². The first-order chi connectivity index (χ1) is 13.4. The van der Waals surface area contributed by atoms with Crippen LogP contribution in [0.3, 0.4) is 0 Å². The van der Waals surface area contributed by atoms with E-state index in [1.165, 1.54) is 12.5 Å². The summed E-state index contributed by atoms with van der Waals surface area (Å²) < 4.78 is 0. The van der Waals surface area contributed by atoms with E-state index in [4.69, 9.17) is 0 Å². The highest BCUT2D eigenvalue weighted by Crippen LogP contribution is 2.39. The molecule has 0 bridgehead atoms. The third-order valence-electron chi connectivity index (χ3n) is 6.27. The van der Waals surface area contributed by atoms with Gasteiger partial charge in [-0.15, -0.1) is 0 Å². The van der Waals surface area contributed by atoms with Crippen molar-refractivity contribution in [2.75, 3.05) is 39.3 Å². The molecule has 1 spiro atoms. The molecule has 2 atom stereocenters. The molecule has 28 heavy (non-hydrogen) atoms. The Bertz CT molecular complexity index is 720. The molecule has 1 aromatic rings. The molecule has 3 fully saturated rings. The Kier molecular flexibility index (Phi) is 5.40. The number of fused-ring (bicyclic) bond motifs is 2. The molecule has 0 saturated carbocycles. The van der Waals surface area contributed by atoms with E-state index in [0.717, 1.165) is 26.1 Å². The zero-order valence-electron chi connectivity index (χ0n) is 16.5. The van der Waals surface area contributed by atoms with Crippen molar-refractivity contribution in [3.8, 4) is 0 Å². The maximum atomic E-state index is 12.7. The Morgan fingerprint density at radius 2 is 1.93 bits per heavy atom. The van der Waals surface area contributed by atoms with Gasteiger partial charge in [-0.25, -0.2) is 0 Å². The maximum absolute atomic E-state index is 12.7. The van der Waals surface area contributed by atoms with Crippen LogP contribution in [-0.4, -0.2) is 88.6 Å². The average molecular weight is 386 g/mol. The molecular formula is C21H30N4O3. The maximum Gasteiger partial charge on any atom is 0.224 e. The zero-order valence-corrected chi connectivity index (χ0v) is 16.5. The molecule has 2 amide bonds. The Balaban J connectivity index is 1.40. The molecule has 152 valence electrons. The number of piperazine rings is 1. The molecule has 7 heteroatoms. The van der Waals surface area contributed by atoms with E-state index in [9.17, 15) is 14.7 Å². The number of amides is 2. The molecule has 0 radical (unpaired) electrons. The number of carbonyl (C=O) groups is 2. The van der Waals surface area contributed by atoms with E-state index in [0.29, 0.717) is 32.6 Å². The van der Waals surface area contributed by atoms with Crippen LogP contribution in [0.25, 0.3) is 0 Å². The fraction of sp³-hybridized carbons (Fsp3) is 0.619. The van der Waals surface area contributed by atoms with Crippen LogP contribution in [0.5, 0.6) is 0 Å². The van der Waals surface area contributed by atoms with Crippen LogP contribution in [0, 0.1) is 0 Å². The number of hydrogen-bond acceptors (Lipinski definition) is 5. The lowest BCUT2D eigenvalue weighted by Crippen LogP contribution is -2.78. The topological polar surface area (TPSA) is 76.1 Å². The lowest BCUT2D eigenvalue weighted by Gasteiger charge is -2.61. The molecule has 0 aromatic heterocycles.